The Morgan fingerprint density at radius 2 is 1.79 bits per heavy atom. The molecule has 2 heterocycles. The standard InChI is InChI=1S/C18H23N5O/c19-10-13-21(12-9-16-6-2-1-3-7-16)14-15-23-18(24)22-11-5-4-8-17(22)20-23/h1-8,11H,9-10,12-15,19H2. The molecule has 3 aromatic rings. The minimum Gasteiger partial charge on any atom is -0.329 e. The predicted octanol–water partition coefficient (Wildman–Crippen LogP) is 0.999. The van der Waals surface area contributed by atoms with E-state index < -0.39 is 0 Å². The van der Waals surface area contributed by atoms with Gasteiger partial charge in [-0.2, -0.15) is 0 Å². The highest BCUT2D eigenvalue weighted by Crippen LogP contribution is 2.02. The third kappa shape index (κ3) is 3.90. The Bertz CT molecular complexity index is 824. The van der Waals surface area contributed by atoms with Gasteiger partial charge in [0.05, 0.1) is 6.54 Å². The molecule has 2 aromatic heterocycles. The number of nitrogens with zero attached hydrogens (tertiary/aromatic N) is 4. The first-order chi connectivity index (χ1) is 11.8. The van der Waals surface area contributed by atoms with E-state index in [9.17, 15) is 4.79 Å². The first-order valence-corrected chi connectivity index (χ1v) is 8.28. The van der Waals surface area contributed by atoms with Crippen LogP contribution in [0.4, 0.5) is 0 Å². The molecule has 0 spiro atoms. The Morgan fingerprint density at radius 3 is 2.54 bits per heavy atom. The number of nitrogens with two attached hydrogens (primary N) is 1. The highest BCUT2D eigenvalue weighted by molar-refractivity contribution is 5.35. The van der Waals surface area contributed by atoms with Crippen molar-refractivity contribution in [2.24, 2.45) is 5.73 Å². The molecule has 0 bridgehead atoms. The topological polar surface area (TPSA) is 68.6 Å². The summed E-state index contributed by atoms with van der Waals surface area (Å²) in [6.45, 7) is 3.66. The van der Waals surface area contributed by atoms with Crippen molar-refractivity contribution in [3.8, 4) is 0 Å². The maximum atomic E-state index is 12.3. The van der Waals surface area contributed by atoms with Crippen LogP contribution in [0.25, 0.3) is 5.65 Å². The minimum atomic E-state index is -0.0960. The zero-order valence-corrected chi connectivity index (χ0v) is 13.7. The summed E-state index contributed by atoms with van der Waals surface area (Å²) in [6.07, 6.45) is 2.72. The summed E-state index contributed by atoms with van der Waals surface area (Å²) in [6, 6.07) is 16.0. The van der Waals surface area contributed by atoms with Crippen LogP contribution < -0.4 is 11.4 Å². The molecule has 0 aliphatic rings. The molecule has 0 radical (unpaired) electrons. The fraction of sp³-hybridized carbons (Fsp3) is 0.333. The van der Waals surface area contributed by atoms with Crippen molar-refractivity contribution in [1.82, 2.24) is 19.1 Å². The fourth-order valence-corrected chi connectivity index (χ4v) is 2.80. The van der Waals surface area contributed by atoms with Crippen molar-refractivity contribution in [2.45, 2.75) is 13.0 Å². The average Bonchev–Trinajstić information content (AvgIpc) is 2.95. The van der Waals surface area contributed by atoms with E-state index in [1.165, 1.54) is 10.2 Å². The van der Waals surface area contributed by atoms with Gasteiger partial charge in [0.25, 0.3) is 0 Å². The number of aromatic nitrogens is 3. The molecule has 0 unspecified atom stereocenters. The van der Waals surface area contributed by atoms with E-state index >= 15 is 0 Å². The first kappa shape index (κ1) is 16.4. The SMILES string of the molecule is NCCN(CCc1ccccc1)CCn1nc2ccccn2c1=O. The number of fused-ring (bicyclic) bond motifs is 1. The van der Waals surface area contributed by atoms with Gasteiger partial charge in [-0.1, -0.05) is 36.4 Å². The molecule has 24 heavy (non-hydrogen) atoms. The van der Waals surface area contributed by atoms with Gasteiger partial charge >= 0.3 is 5.69 Å². The van der Waals surface area contributed by atoms with Crippen molar-refractivity contribution in [2.75, 3.05) is 26.2 Å². The smallest absolute Gasteiger partial charge is 0.329 e. The molecule has 6 heteroatoms. The van der Waals surface area contributed by atoms with Gasteiger partial charge in [0, 0.05) is 32.4 Å². The van der Waals surface area contributed by atoms with Crippen molar-refractivity contribution in [3.05, 3.63) is 70.8 Å². The van der Waals surface area contributed by atoms with Gasteiger partial charge in [-0.15, -0.1) is 5.10 Å². The Kier molecular flexibility index (Phi) is 5.40. The summed E-state index contributed by atoms with van der Waals surface area (Å²) in [5.74, 6) is 0. The molecule has 0 amide bonds. The maximum Gasteiger partial charge on any atom is 0.350 e. The second kappa shape index (κ2) is 7.90. The monoisotopic (exact) mass is 325 g/mol. The van der Waals surface area contributed by atoms with Crippen LogP contribution in [0.1, 0.15) is 5.56 Å². The van der Waals surface area contributed by atoms with Crippen LogP contribution in [0, 0.1) is 0 Å². The van der Waals surface area contributed by atoms with Crippen molar-refractivity contribution < 1.29 is 0 Å². The summed E-state index contributed by atoms with van der Waals surface area (Å²) in [7, 11) is 0. The number of hydrogen-bond donors (Lipinski definition) is 1. The number of rotatable bonds is 8. The molecule has 6 nitrogen and oxygen atoms in total. The fourth-order valence-electron chi connectivity index (χ4n) is 2.80. The Balaban J connectivity index is 1.62. The van der Waals surface area contributed by atoms with Crippen LogP contribution in [0.3, 0.4) is 0 Å². The van der Waals surface area contributed by atoms with Crippen molar-refractivity contribution in [1.29, 1.82) is 0 Å². The summed E-state index contributed by atoms with van der Waals surface area (Å²) in [4.78, 5) is 14.6. The van der Waals surface area contributed by atoms with Gasteiger partial charge < -0.3 is 5.73 Å². The zero-order valence-electron chi connectivity index (χ0n) is 13.7. The third-order valence-corrected chi connectivity index (χ3v) is 4.12. The van der Waals surface area contributed by atoms with E-state index in [1.807, 2.05) is 24.3 Å². The lowest BCUT2D eigenvalue weighted by Gasteiger charge is -2.21. The summed E-state index contributed by atoms with van der Waals surface area (Å²) < 4.78 is 3.10. The molecule has 0 aliphatic heterocycles. The number of pyridine rings is 1. The van der Waals surface area contributed by atoms with Crippen LogP contribution in [0.5, 0.6) is 0 Å². The van der Waals surface area contributed by atoms with E-state index in [-0.39, 0.29) is 5.69 Å². The highest BCUT2D eigenvalue weighted by Gasteiger charge is 2.09. The van der Waals surface area contributed by atoms with Crippen LogP contribution in [-0.4, -0.2) is 45.3 Å². The molecule has 0 fully saturated rings. The highest BCUT2D eigenvalue weighted by atomic mass is 16.2. The molecule has 2 N–H and O–H groups in total. The Morgan fingerprint density at radius 1 is 1.00 bits per heavy atom. The average molecular weight is 325 g/mol. The molecule has 0 aliphatic carbocycles. The van der Waals surface area contributed by atoms with E-state index in [1.54, 1.807) is 10.6 Å². The molecular formula is C18H23N5O. The first-order valence-electron chi connectivity index (χ1n) is 8.28. The van der Waals surface area contributed by atoms with Gasteiger partial charge in [-0.05, 0) is 24.1 Å². The molecule has 0 saturated heterocycles. The van der Waals surface area contributed by atoms with Gasteiger partial charge in [0.2, 0.25) is 0 Å². The largest absolute Gasteiger partial charge is 0.350 e. The lowest BCUT2D eigenvalue weighted by molar-refractivity contribution is 0.267. The van der Waals surface area contributed by atoms with Crippen LogP contribution in [-0.2, 0) is 13.0 Å². The van der Waals surface area contributed by atoms with Gasteiger partial charge in [0.15, 0.2) is 5.65 Å². The molecule has 3 rings (SSSR count). The van der Waals surface area contributed by atoms with Gasteiger partial charge in [0.1, 0.15) is 0 Å². The predicted molar refractivity (Wildman–Crippen MR) is 95.1 cm³/mol. The molecule has 126 valence electrons. The van der Waals surface area contributed by atoms with Crippen LogP contribution >= 0.6 is 0 Å². The lowest BCUT2D eigenvalue weighted by Crippen LogP contribution is -2.36. The molecular weight excluding hydrogens is 302 g/mol. The number of benzene rings is 1. The van der Waals surface area contributed by atoms with Crippen LogP contribution in [0.2, 0.25) is 0 Å². The normalized spacial score (nSPS) is 11.4. The summed E-state index contributed by atoms with van der Waals surface area (Å²) in [5, 5.41) is 4.37. The second-order valence-corrected chi connectivity index (χ2v) is 5.80. The molecule has 0 saturated carbocycles. The van der Waals surface area contributed by atoms with Crippen molar-refractivity contribution in [3.63, 3.8) is 0 Å². The zero-order chi connectivity index (χ0) is 16.8. The Hall–Kier alpha value is -2.44. The van der Waals surface area contributed by atoms with E-state index in [0.29, 0.717) is 18.7 Å². The quantitative estimate of drug-likeness (QED) is 0.671. The third-order valence-electron chi connectivity index (χ3n) is 4.12. The summed E-state index contributed by atoms with van der Waals surface area (Å²) >= 11 is 0. The minimum absolute atomic E-state index is 0.0960. The van der Waals surface area contributed by atoms with Crippen molar-refractivity contribution >= 4 is 5.65 Å². The van der Waals surface area contributed by atoms with E-state index in [2.05, 4.69) is 34.3 Å². The van der Waals surface area contributed by atoms with Crippen LogP contribution in [0.15, 0.2) is 59.5 Å². The molecule has 1 aromatic carbocycles. The van der Waals surface area contributed by atoms with Gasteiger partial charge in [-0.25, -0.2) is 9.48 Å². The maximum absolute atomic E-state index is 12.3. The van der Waals surface area contributed by atoms with E-state index in [4.69, 9.17) is 5.73 Å². The second-order valence-electron chi connectivity index (χ2n) is 5.80. The number of hydrogen-bond acceptors (Lipinski definition) is 4. The lowest BCUT2D eigenvalue weighted by atomic mass is 10.1. The van der Waals surface area contributed by atoms with E-state index in [0.717, 1.165) is 26.1 Å². The Labute approximate surface area is 141 Å². The summed E-state index contributed by atoms with van der Waals surface area (Å²) in [5.41, 5.74) is 7.62. The molecule has 0 atom stereocenters. The van der Waals surface area contributed by atoms with Gasteiger partial charge in [-0.3, -0.25) is 9.30 Å².